The van der Waals surface area contributed by atoms with Crippen LogP contribution in [0.4, 0.5) is 17.1 Å². The van der Waals surface area contributed by atoms with E-state index in [0.29, 0.717) is 16.9 Å². The number of benzene rings is 3. The Morgan fingerprint density at radius 2 is 1.52 bits per heavy atom. The van der Waals surface area contributed by atoms with Gasteiger partial charge in [0.2, 0.25) is 0 Å². The number of non-ortho nitro benzene ring substituents is 1. The number of carbonyl (C=O) groups is 2. The number of anilines is 2. The minimum atomic E-state index is -0.510. The Bertz CT molecular complexity index is 1230. The molecule has 0 saturated carbocycles. The molecule has 7 nitrogen and oxygen atoms in total. The van der Waals surface area contributed by atoms with Crippen LogP contribution in [0.25, 0.3) is 5.57 Å². The van der Waals surface area contributed by atoms with Crippen LogP contribution in [0.2, 0.25) is 0 Å². The van der Waals surface area contributed by atoms with Crippen LogP contribution in [0.3, 0.4) is 0 Å². The topological polar surface area (TPSA) is 92.6 Å². The smallest absolute Gasteiger partial charge is 0.282 e. The Hall–Kier alpha value is -4.26. The van der Waals surface area contributed by atoms with Gasteiger partial charge >= 0.3 is 0 Å². The van der Waals surface area contributed by atoms with Gasteiger partial charge in [0, 0.05) is 17.8 Å². The maximum Gasteiger partial charge on any atom is 0.282 e. The van der Waals surface area contributed by atoms with E-state index in [1.165, 1.54) is 24.3 Å². The highest BCUT2D eigenvalue weighted by Gasteiger charge is 2.40. The summed E-state index contributed by atoms with van der Waals surface area (Å²) in [6, 6.07) is 19.9. The minimum Gasteiger partial charge on any atom is -0.350 e. The zero-order valence-corrected chi connectivity index (χ0v) is 17.0. The molecule has 1 N–H and O–H groups in total. The number of nitrogens with one attached hydrogen (secondary N) is 1. The van der Waals surface area contributed by atoms with Gasteiger partial charge in [-0.25, -0.2) is 4.90 Å². The van der Waals surface area contributed by atoms with Crippen LogP contribution in [-0.2, 0) is 9.59 Å². The van der Waals surface area contributed by atoms with Crippen molar-refractivity contribution in [1.29, 1.82) is 0 Å². The number of imide groups is 1. The fourth-order valence-corrected chi connectivity index (χ4v) is 3.44. The molecule has 1 aliphatic heterocycles. The van der Waals surface area contributed by atoms with Gasteiger partial charge in [-0.05, 0) is 66.9 Å². The third kappa shape index (κ3) is 3.69. The first-order valence-corrected chi connectivity index (χ1v) is 9.64. The molecule has 0 atom stereocenters. The first kappa shape index (κ1) is 20.0. The summed E-state index contributed by atoms with van der Waals surface area (Å²) < 4.78 is 0. The summed E-state index contributed by atoms with van der Waals surface area (Å²) in [6.45, 7) is 3.95. The second kappa shape index (κ2) is 7.87. The summed E-state index contributed by atoms with van der Waals surface area (Å²) in [5.41, 5.74) is 3.91. The summed E-state index contributed by atoms with van der Waals surface area (Å²) in [6.07, 6.45) is 0. The molecule has 0 fully saturated rings. The molecule has 0 spiro atoms. The first-order valence-electron chi connectivity index (χ1n) is 9.64. The molecule has 3 aromatic rings. The number of aryl methyl sites for hydroxylation is 2. The Morgan fingerprint density at radius 3 is 2.13 bits per heavy atom. The molecule has 0 radical (unpaired) electrons. The molecule has 31 heavy (non-hydrogen) atoms. The van der Waals surface area contributed by atoms with E-state index in [9.17, 15) is 19.7 Å². The molecule has 1 aliphatic rings. The molecule has 3 aromatic carbocycles. The fourth-order valence-electron chi connectivity index (χ4n) is 3.44. The quantitative estimate of drug-likeness (QED) is 0.375. The van der Waals surface area contributed by atoms with E-state index in [1.807, 2.05) is 32.0 Å². The van der Waals surface area contributed by atoms with Crippen molar-refractivity contribution in [2.75, 3.05) is 10.2 Å². The molecule has 0 saturated heterocycles. The number of nitro benzene ring substituents is 1. The lowest BCUT2D eigenvalue weighted by molar-refractivity contribution is -0.384. The van der Waals surface area contributed by atoms with Crippen molar-refractivity contribution in [2.24, 2.45) is 0 Å². The van der Waals surface area contributed by atoms with E-state index in [2.05, 4.69) is 5.32 Å². The molecule has 0 unspecified atom stereocenters. The SMILES string of the molecule is Cc1ccc(NC2=C(c3ccc([N+](=O)[O-])cc3)C(=O)N(c3ccccc3)C2=O)cc1C. The average molecular weight is 413 g/mol. The lowest BCUT2D eigenvalue weighted by Crippen LogP contribution is -2.32. The van der Waals surface area contributed by atoms with E-state index >= 15 is 0 Å². The van der Waals surface area contributed by atoms with Crippen LogP contribution in [0.1, 0.15) is 16.7 Å². The lowest BCUT2D eigenvalue weighted by atomic mass is 10.0. The van der Waals surface area contributed by atoms with Crippen molar-refractivity contribution in [2.45, 2.75) is 13.8 Å². The van der Waals surface area contributed by atoms with Gasteiger partial charge in [-0.15, -0.1) is 0 Å². The Labute approximate surface area is 178 Å². The van der Waals surface area contributed by atoms with Gasteiger partial charge in [-0.1, -0.05) is 24.3 Å². The maximum absolute atomic E-state index is 13.3. The normalized spacial score (nSPS) is 13.7. The number of hydrogen-bond donors (Lipinski definition) is 1. The number of nitrogens with zero attached hydrogens (tertiary/aromatic N) is 2. The number of para-hydroxylation sites is 1. The summed E-state index contributed by atoms with van der Waals surface area (Å²) >= 11 is 0. The number of nitro groups is 1. The number of hydrogen-bond acceptors (Lipinski definition) is 5. The predicted octanol–water partition coefficient (Wildman–Crippen LogP) is 4.61. The predicted molar refractivity (Wildman–Crippen MR) is 118 cm³/mol. The summed E-state index contributed by atoms with van der Waals surface area (Å²) in [5.74, 6) is -0.973. The minimum absolute atomic E-state index is 0.0929. The van der Waals surface area contributed by atoms with Crippen LogP contribution in [0.5, 0.6) is 0 Å². The van der Waals surface area contributed by atoms with Gasteiger partial charge in [0.1, 0.15) is 5.70 Å². The van der Waals surface area contributed by atoms with Crippen molar-refractivity contribution >= 4 is 34.4 Å². The molecular formula is C24H19N3O4. The van der Waals surface area contributed by atoms with Crippen molar-refractivity contribution in [3.05, 3.63) is 105 Å². The Balaban J connectivity index is 1.82. The molecule has 7 heteroatoms. The highest BCUT2D eigenvalue weighted by atomic mass is 16.6. The summed E-state index contributed by atoms with van der Waals surface area (Å²) in [5, 5.41) is 14.1. The molecule has 2 amide bonds. The van der Waals surface area contributed by atoms with Gasteiger partial charge in [-0.3, -0.25) is 19.7 Å². The van der Waals surface area contributed by atoms with Gasteiger partial charge in [0.05, 0.1) is 16.2 Å². The van der Waals surface area contributed by atoms with Crippen LogP contribution >= 0.6 is 0 Å². The molecule has 4 rings (SSSR count). The van der Waals surface area contributed by atoms with E-state index in [1.54, 1.807) is 30.3 Å². The van der Waals surface area contributed by atoms with Crippen LogP contribution < -0.4 is 10.2 Å². The Morgan fingerprint density at radius 1 is 0.839 bits per heavy atom. The van der Waals surface area contributed by atoms with Gasteiger partial charge in [0.25, 0.3) is 17.5 Å². The second-order valence-electron chi connectivity index (χ2n) is 7.26. The van der Waals surface area contributed by atoms with E-state index in [0.717, 1.165) is 16.0 Å². The zero-order chi connectivity index (χ0) is 22.1. The zero-order valence-electron chi connectivity index (χ0n) is 17.0. The number of amides is 2. The molecule has 0 aromatic heterocycles. The summed E-state index contributed by atoms with van der Waals surface area (Å²) in [7, 11) is 0. The van der Waals surface area contributed by atoms with Crippen molar-refractivity contribution in [3.8, 4) is 0 Å². The lowest BCUT2D eigenvalue weighted by Gasteiger charge is -2.15. The van der Waals surface area contributed by atoms with E-state index in [4.69, 9.17) is 0 Å². The third-order valence-corrected chi connectivity index (χ3v) is 5.24. The fraction of sp³-hybridized carbons (Fsp3) is 0.0833. The van der Waals surface area contributed by atoms with Gasteiger partial charge in [-0.2, -0.15) is 0 Å². The molecule has 1 heterocycles. The standard InChI is InChI=1S/C24H19N3O4/c1-15-8-11-18(14-16(15)2)25-22-21(17-9-12-20(13-10-17)27(30)31)23(28)26(24(22)29)19-6-4-3-5-7-19/h3-14,25H,1-2H3. The average Bonchev–Trinajstić information content (AvgIpc) is 3.01. The van der Waals surface area contributed by atoms with Gasteiger partial charge < -0.3 is 5.32 Å². The summed E-state index contributed by atoms with van der Waals surface area (Å²) in [4.78, 5) is 38.2. The highest BCUT2D eigenvalue weighted by molar-refractivity contribution is 6.46. The molecule has 154 valence electrons. The molecular weight excluding hydrogens is 394 g/mol. The third-order valence-electron chi connectivity index (χ3n) is 5.24. The van der Waals surface area contributed by atoms with Crippen molar-refractivity contribution in [3.63, 3.8) is 0 Å². The maximum atomic E-state index is 13.3. The number of carbonyl (C=O) groups excluding carboxylic acids is 2. The van der Waals surface area contributed by atoms with E-state index in [-0.39, 0.29) is 17.0 Å². The largest absolute Gasteiger partial charge is 0.350 e. The van der Waals surface area contributed by atoms with Crippen LogP contribution in [-0.4, -0.2) is 16.7 Å². The van der Waals surface area contributed by atoms with Crippen molar-refractivity contribution < 1.29 is 14.5 Å². The van der Waals surface area contributed by atoms with Gasteiger partial charge in [0.15, 0.2) is 0 Å². The second-order valence-corrected chi connectivity index (χ2v) is 7.26. The van der Waals surface area contributed by atoms with Crippen molar-refractivity contribution in [1.82, 2.24) is 0 Å². The first-order chi connectivity index (χ1) is 14.9. The highest BCUT2D eigenvalue weighted by Crippen LogP contribution is 2.34. The molecule has 0 aliphatic carbocycles. The Kier molecular flexibility index (Phi) is 5.09. The van der Waals surface area contributed by atoms with E-state index < -0.39 is 16.7 Å². The number of rotatable bonds is 5. The molecule has 0 bridgehead atoms. The van der Waals surface area contributed by atoms with Crippen LogP contribution in [0, 0.1) is 24.0 Å². The van der Waals surface area contributed by atoms with Crippen LogP contribution in [0.15, 0.2) is 78.5 Å². The monoisotopic (exact) mass is 413 g/mol.